The van der Waals surface area contributed by atoms with Crippen molar-refractivity contribution in [3.8, 4) is 5.75 Å². The van der Waals surface area contributed by atoms with Gasteiger partial charge in [0.2, 0.25) is 0 Å². The maximum Gasteiger partial charge on any atom is 0.261 e. The Balaban J connectivity index is 1.92. The average molecular weight is 410 g/mol. The first-order valence-corrected chi connectivity index (χ1v) is 10.3. The zero-order chi connectivity index (χ0) is 20.3. The molecule has 1 N–H and O–H groups in total. The van der Waals surface area contributed by atoms with E-state index in [-0.39, 0.29) is 27.8 Å². The lowest BCUT2D eigenvalue weighted by molar-refractivity contribution is 0.0720. The lowest BCUT2D eigenvalue weighted by Gasteiger charge is -2.27. The number of halogens is 2. The third-order valence-corrected chi connectivity index (χ3v) is 5.91. The molecule has 1 fully saturated rings. The second kappa shape index (κ2) is 8.14. The topological polar surface area (TPSA) is 75.7 Å². The number of carbonyl (C=O) groups excluding carboxylic acids is 1. The van der Waals surface area contributed by atoms with Crippen LogP contribution in [-0.2, 0) is 10.0 Å². The second-order valence-corrected chi connectivity index (χ2v) is 8.13. The molecule has 0 bridgehead atoms. The molecule has 28 heavy (non-hydrogen) atoms. The van der Waals surface area contributed by atoms with Gasteiger partial charge in [0.15, 0.2) is 11.6 Å². The number of sulfonamides is 1. The van der Waals surface area contributed by atoms with Crippen molar-refractivity contribution in [3.63, 3.8) is 0 Å². The number of hydrogen-bond donors (Lipinski definition) is 1. The van der Waals surface area contributed by atoms with E-state index in [4.69, 9.17) is 4.74 Å². The number of hydrogen-bond acceptors (Lipinski definition) is 4. The molecule has 9 heteroatoms. The van der Waals surface area contributed by atoms with Crippen LogP contribution in [0.3, 0.4) is 0 Å². The van der Waals surface area contributed by atoms with Crippen LogP contribution in [0, 0.1) is 11.6 Å². The molecule has 0 saturated carbocycles. The summed E-state index contributed by atoms with van der Waals surface area (Å²) in [5.74, 6) is -2.29. The molecule has 0 aliphatic carbocycles. The maximum absolute atomic E-state index is 13.4. The molecule has 6 nitrogen and oxygen atoms in total. The molecule has 0 spiro atoms. The highest BCUT2D eigenvalue weighted by atomic mass is 32.2. The Hall–Kier alpha value is -2.68. The Morgan fingerprint density at radius 1 is 1.04 bits per heavy atom. The van der Waals surface area contributed by atoms with Gasteiger partial charge in [-0.3, -0.25) is 9.52 Å². The quantitative estimate of drug-likeness (QED) is 0.820. The monoisotopic (exact) mass is 410 g/mol. The molecule has 1 aliphatic rings. The molecule has 1 aliphatic heterocycles. The molecular weight excluding hydrogens is 390 g/mol. The zero-order valence-electron chi connectivity index (χ0n) is 15.2. The van der Waals surface area contributed by atoms with E-state index in [0.717, 1.165) is 37.5 Å². The Morgan fingerprint density at radius 2 is 1.75 bits per heavy atom. The molecule has 0 unspecified atom stereocenters. The minimum Gasteiger partial charge on any atom is -0.496 e. The number of carbonyl (C=O) groups is 1. The zero-order valence-corrected chi connectivity index (χ0v) is 16.1. The first kappa shape index (κ1) is 20.1. The first-order valence-electron chi connectivity index (χ1n) is 8.77. The van der Waals surface area contributed by atoms with Crippen LogP contribution in [0.2, 0.25) is 0 Å². The van der Waals surface area contributed by atoms with Crippen molar-refractivity contribution in [3.05, 3.63) is 53.6 Å². The van der Waals surface area contributed by atoms with Crippen molar-refractivity contribution in [2.75, 3.05) is 24.9 Å². The van der Waals surface area contributed by atoms with E-state index in [2.05, 4.69) is 4.72 Å². The normalized spacial score (nSPS) is 14.6. The number of anilines is 1. The first-order chi connectivity index (χ1) is 13.3. The Morgan fingerprint density at radius 3 is 2.39 bits per heavy atom. The van der Waals surface area contributed by atoms with Gasteiger partial charge in [-0.15, -0.1) is 0 Å². The average Bonchev–Trinajstić information content (AvgIpc) is 2.70. The van der Waals surface area contributed by atoms with Gasteiger partial charge in [0.25, 0.3) is 15.9 Å². The fourth-order valence-corrected chi connectivity index (χ4v) is 4.14. The molecule has 150 valence electrons. The highest BCUT2D eigenvalue weighted by molar-refractivity contribution is 7.92. The van der Waals surface area contributed by atoms with Gasteiger partial charge < -0.3 is 9.64 Å². The summed E-state index contributed by atoms with van der Waals surface area (Å²) in [4.78, 5) is 14.3. The predicted molar refractivity (Wildman–Crippen MR) is 99.9 cm³/mol. The van der Waals surface area contributed by atoms with Crippen LogP contribution in [0.1, 0.15) is 29.6 Å². The van der Waals surface area contributed by atoms with Crippen molar-refractivity contribution < 1.29 is 26.7 Å². The van der Waals surface area contributed by atoms with Crippen LogP contribution < -0.4 is 9.46 Å². The van der Waals surface area contributed by atoms with Crippen molar-refractivity contribution in [1.82, 2.24) is 4.90 Å². The highest BCUT2D eigenvalue weighted by Crippen LogP contribution is 2.26. The minimum atomic E-state index is -4.12. The van der Waals surface area contributed by atoms with Gasteiger partial charge >= 0.3 is 0 Å². The predicted octanol–water partition coefficient (Wildman–Crippen LogP) is 3.40. The number of amides is 1. The molecule has 0 aromatic heterocycles. The number of rotatable bonds is 5. The van der Waals surface area contributed by atoms with Gasteiger partial charge in [-0.2, -0.15) is 0 Å². The maximum atomic E-state index is 13.4. The third kappa shape index (κ3) is 4.24. The Kier molecular flexibility index (Phi) is 5.83. The molecular formula is C19H20F2N2O4S. The molecule has 3 rings (SSSR count). The van der Waals surface area contributed by atoms with E-state index in [1.165, 1.54) is 25.3 Å². The molecule has 0 atom stereocenters. The van der Waals surface area contributed by atoms with E-state index in [9.17, 15) is 22.0 Å². The van der Waals surface area contributed by atoms with Gasteiger partial charge in [-0.1, -0.05) is 0 Å². The summed E-state index contributed by atoms with van der Waals surface area (Å²) in [5.41, 5.74) is 0.0104. The van der Waals surface area contributed by atoms with Crippen LogP contribution in [0.25, 0.3) is 0 Å². The van der Waals surface area contributed by atoms with Crippen molar-refractivity contribution >= 4 is 21.6 Å². The molecule has 1 amide bonds. The summed E-state index contributed by atoms with van der Waals surface area (Å²) in [6, 6.07) is 6.60. The molecule has 2 aromatic carbocycles. The van der Waals surface area contributed by atoms with Gasteiger partial charge in [-0.05, 0) is 49.6 Å². The van der Waals surface area contributed by atoms with Gasteiger partial charge in [-0.25, -0.2) is 17.2 Å². The number of benzene rings is 2. The Labute approximate surface area is 162 Å². The van der Waals surface area contributed by atoms with Crippen LogP contribution >= 0.6 is 0 Å². The van der Waals surface area contributed by atoms with Crippen LogP contribution in [0.15, 0.2) is 41.3 Å². The van der Waals surface area contributed by atoms with Crippen molar-refractivity contribution in [1.29, 1.82) is 0 Å². The summed E-state index contributed by atoms with van der Waals surface area (Å²) in [6.07, 6.45) is 2.83. The lowest BCUT2D eigenvalue weighted by atomic mass is 10.1. The molecule has 2 aromatic rings. The summed E-state index contributed by atoms with van der Waals surface area (Å²) in [6.45, 7) is 1.21. The van der Waals surface area contributed by atoms with Crippen molar-refractivity contribution in [2.24, 2.45) is 0 Å². The molecule has 1 heterocycles. The van der Waals surface area contributed by atoms with Gasteiger partial charge in [0.1, 0.15) is 5.75 Å². The number of nitrogens with zero attached hydrogens (tertiary/aromatic N) is 1. The van der Waals surface area contributed by atoms with Gasteiger partial charge in [0.05, 0.1) is 23.3 Å². The van der Waals surface area contributed by atoms with Crippen LogP contribution in [0.4, 0.5) is 14.5 Å². The minimum absolute atomic E-state index is 0.126. The third-order valence-electron chi connectivity index (χ3n) is 4.53. The van der Waals surface area contributed by atoms with Crippen molar-refractivity contribution in [2.45, 2.75) is 24.2 Å². The van der Waals surface area contributed by atoms with E-state index < -0.39 is 21.7 Å². The highest BCUT2D eigenvalue weighted by Gasteiger charge is 2.24. The van der Waals surface area contributed by atoms with E-state index in [1.807, 2.05) is 0 Å². The fraction of sp³-hybridized carbons (Fsp3) is 0.316. The number of likely N-dealkylation sites (tertiary alicyclic amines) is 1. The fourth-order valence-electron chi connectivity index (χ4n) is 3.06. The molecule has 0 radical (unpaired) electrons. The number of methoxy groups -OCH3 is 1. The van der Waals surface area contributed by atoms with E-state index in [1.54, 1.807) is 4.90 Å². The van der Waals surface area contributed by atoms with E-state index in [0.29, 0.717) is 13.1 Å². The molecule has 1 saturated heterocycles. The second-order valence-electron chi connectivity index (χ2n) is 6.45. The smallest absolute Gasteiger partial charge is 0.261 e. The largest absolute Gasteiger partial charge is 0.496 e. The lowest BCUT2D eigenvalue weighted by Crippen LogP contribution is -2.35. The SMILES string of the molecule is COc1ccc(S(=O)(=O)Nc2ccc(F)c(F)c2)cc1C(=O)N1CCCCC1. The summed E-state index contributed by atoms with van der Waals surface area (Å²) in [5, 5.41) is 0. The van der Waals surface area contributed by atoms with Crippen LogP contribution in [-0.4, -0.2) is 39.4 Å². The standard InChI is InChI=1S/C19H20F2N2O4S/c1-27-18-8-6-14(12-15(18)19(24)23-9-3-2-4-10-23)28(25,26)22-13-5-7-16(20)17(21)11-13/h5-8,11-12,22H,2-4,9-10H2,1H3. The number of ether oxygens (including phenoxy) is 1. The summed E-state index contributed by atoms with van der Waals surface area (Å²) in [7, 11) is -2.72. The number of piperidine rings is 1. The van der Waals surface area contributed by atoms with E-state index >= 15 is 0 Å². The van der Waals surface area contributed by atoms with Crippen LogP contribution in [0.5, 0.6) is 5.75 Å². The number of nitrogens with one attached hydrogen (secondary N) is 1. The Bertz CT molecular complexity index is 989. The summed E-state index contributed by atoms with van der Waals surface area (Å²) < 4.78 is 59.1. The van der Waals surface area contributed by atoms with Gasteiger partial charge in [0, 0.05) is 19.2 Å². The summed E-state index contributed by atoms with van der Waals surface area (Å²) >= 11 is 0.